The fourth-order valence-corrected chi connectivity index (χ4v) is 3.99. The second-order valence-electron chi connectivity index (χ2n) is 5.99. The van der Waals surface area contributed by atoms with E-state index in [0.29, 0.717) is 0 Å². The molecule has 2 heteroatoms. The van der Waals surface area contributed by atoms with Crippen LogP contribution in [0.15, 0.2) is 58.3 Å². The lowest BCUT2D eigenvalue weighted by Crippen LogP contribution is -2.12. The van der Waals surface area contributed by atoms with Crippen molar-refractivity contribution < 1.29 is 0 Å². The normalized spacial score (nSPS) is 15.0. The Labute approximate surface area is 138 Å². The number of hydrogen-bond acceptors (Lipinski definition) is 2. The van der Waals surface area contributed by atoms with Crippen LogP contribution in [0.5, 0.6) is 0 Å². The number of nitrogens with zero attached hydrogens (tertiary/aromatic N) is 1. The SMILES string of the molecule is CCc1ccc2c(c1)Sc1ccccc1/C2=C\CCN(C)C. The minimum Gasteiger partial charge on any atom is -0.309 e. The van der Waals surface area contributed by atoms with Crippen LogP contribution in [0.1, 0.15) is 30.0 Å². The van der Waals surface area contributed by atoms with Crippen molar-refractivity contribution in [1.29, 1.82) is 0 Å². The number of rotatable bonds is 4. The zero-order valence-electron chi connectivity index (χ0n) is 13.6. The predicted molar refractivity (Wildman–Crippen MR) is 96.6 cm³/mol. The lowest BCUT2D eigenvalue weighted by Gasteiger charge is -2.23. The summed E-state index contributed by atoms with van der Waals surface area (Å²) in [6.07, 6.45) is 4.58. The maximum Gasteiger partial charge on any atom is 0.0203 e. The lowest BCUT2D eigenvalue weighted by molar-refractivity contribution is 0.417. The molecule has 0 saturated carbocycles. The van der Waals surface area contributed by atoms with Gasteiger partial charge in [0.15, 0.2) is 0 Å². The zero-order valence-corrected chi connectivity index (χ0v) is 14.4. The van der Waals surface area contributed by atoms with Crippen molar-refractivity contribution in [2.45, 2.75) is 29.6 Å². The summed E-state index contributed by atoms with van der Waals surface area (Å²) < 4.78 is 0. The molecule has 0 spiro atoms. The van der Waals surface area contributed by atoms with E-state index in [-0.39, 0.29) is 0 Å². The van der Waals surface area contributed by atoms with Gasteiger partial charge in [-0.25, -0.2) is 0 Å². The van der Waals surface area contributed by atoms with Crippen LogP contribution >= 0.6 is 11.8 Å². The first kappa shape index (κ1) is 15.4. The van der Waals surface area contributed by atoms with Gasteiger partial charge < -0.3 is 4.90 Å². The van der Waals surface area contributed by atoms with Gasteiger partial charge in [-0.3, -0.25) is 0 Å². The van der Waals surface area contributed by atoms with Gasteiger partial charge in [0.25, 0.3) is 0 Å². The minimum absolute atomic E-state index is 1.08. The molecular weight excluding hydrogens is 286 g/mol. The summed E-state index contributed by atoms with van der Waals surface area (Å²) in [6.45, 7) is 3.30. The molecule has 0 fully saturated rings. The van der Waals surface area contributed by atoms with Crippen LogP contribution in [0.3, 0.4) is 0 Å². The smallest absolute Gasteiger partial charge is 0.0203 e. The molecule has 0 bridgehead atoms. The van der Waals surface area contributed by atoms with Gasteiger partial charge in [-0.05, 0) is 61.3 Å². The highest BCUT2D eigenvalue weighted by Crippen LogP contribution is 2.45. The van der Waals surface area contributed by atoms with Crippen molar-refractivity contribution in [3.63, 3.8) is 0 Å². The highest BCUT2D eigenvalue weighted by molar-refractivity contribution is 7.99. The molecule has 1 nitrogen and oxygen atoms in total. The second-order valence-corrected chi connectivity index (χ2v) is 7.08. The number of aryl methyl sites for hydroxylation is 1. The maximum absolute atomic E-state index is 2.41. The molecule has 0 aromatic heterocycles. The van der Waals surface area contributed by atoms with Crippen LogP contribution in [0.25, 0.3) is 5.57 Å². The van der Waals surface area contributed by atoms with Crippen LogP contribution < -0.4 is 0 Å². The molecule has 0 radical (unpaired) electrons. The Morgan fingerprint density at radius 1 is 1.00 bits per heavy atom. The monoisotopic (exact) mass is 309 g/mol. The van der Waals surface area contributed by atoms with E-state index >= 15 is 0 Å². The molecule has 2 aromatic rings. The minimum atomic E-state index is 1.08. The zero-order chi connectivity index (χ0) is 15.5. The summed E-state index contributed by atoms with van der Waals surface area (Å²) in [5.74, 6) is 0. The van der Waals surface area contributed by atoms with E-state index in [4.69, 9.17) is 0 Å². The summed E-state index contributed by atoms with van der Waals surface area (Å²) in [6, 6.07) is 15.7. The van der Waals surface area contributed by atoms with E-state index in [1.54, 1.807) is 0 Å². The Morgan fingerprint density at radius 2 is 1.77 bits per heavy atom. The topological polar surface area (TPSA) is 3.24 Å². The number of benzene rings is 2. The molecule has 1 aliphatic rings. The molecule has 1 heterocycles. The fraction of sp³-hybridized carbons (Fsp3) is 0.300. The van der Waals surface area contributed by atoms with E-state index < -0.39 is 0 Å². The van der Waals surface area contributed by atoms with Crippen LogP contribution in [0.4, 0.5) is 0 Å². The highest BCUT2D eigenvalue weighted by Gasteiger charge is 2.20. The van der Waals surface area contributed by atoms with Crippen LogP contribution in [0.2, 0.25) is 0 Å². The third kappa shape index (κ3) is 3.13. The van der Waals surface area contributed by atoms with Crippen molar-refractivity contribution in [2.75, 3.05) is 20.6 Å². The van der Waals surface area contributed by atoms with Crippen molar-refractivity contribution >= 4 is 17.3 Å². The Bertz CT molecular complexity index is 701. The number of fused-ring (bicyclic) bond motifs is 2. The number of hydrogen-bond donors (Lipinski definition) is 0. The molecule has 0 aliphatic carbocycles. The quantitative estimate of drug-likeness (QED) is 0.660. The van der Waals surface area contributed by atoms with E-state index in [1.807, 2.05) is 11.8 Å². The van der Waals surface area contributed by atoms with Gasteiger partial charge in [0.2, 0.25) is 0 Å². The van der Waals surface area contributed by atoms with Crippen LogP contribution in [0, 0.1) is 0 Å². The molecule has 22 heavy (non-hydrogen) atoms. The van der Waals surface area contributed by atoms with Gasteiger partial charge in [0.05, 0.1) is 0 Å². The van der Waals surface area contributed by atoms with Gasteiger partial charge >= 0.3 is 0 Å². The first-order chi connectivity index (χ1) is 10.7. The van der Waals surface area contributed by atoms with Gasteiger partial charge in [0.1, 0.15) is 0 Å². The summed E-state index contributed by atoms with van der Waals surface area (Å²) in [5.41, 5.74) is 5.58. The van der Waals surface area contributed by atoms with Crippen LogP contribution in [-0.2, 0) is 6.42 Å². The van der Waals surface area contributed by atoms with E-state index in [9.17, 15) is 0 Å². The molecule has 0 N–H and O–H groups in total. The second kappa shape index (κ2) is 6.72. The van der Waals surface area contributed by atoms with Gasteiger partial charge in [-0.2, -0.15) is 0 Å². The van der Waals surface area contributed by atoms with E-state index in [2.05, 4.69) is 74.5 Å². The molecule has 0 atom stereocenters. The largest absolute Gasteiger partial charge is 0.309 e. The van der Waals surface area contributed by atoms with Gasteiger partial charge in [-0.15, -0.1) is 0 Å². The van der Waals surface area contributed by atoms with Crippen molar-refractivity contribution in [3.8, 4) is 0 Å². The van der Waals surface area contributed by atoms with Crippen LogP contribution in [-0.4, -0.2) is 25.5 Å². The Morgan fingerprint density at radius 3 is 2.55 bits per heavy atom. The van der Waals surface area contributed by atoms with Gasteiger partial charge in [0, 0.05) is 16.3 Å². The maximum atomic E-state index is 2.41. The first-order valence-corrected chi connectivity index (χ1v) is 8.76. The molecule has 2 aromatic carbocycles. The summed E-state index contributed by atoms with van der Waals surface area (Å²) in [7, 11) is 4.26. The molecule has 0 amide bonds. The fourth-order valence-electron chi connectivity index (χ4n) is 2.82. The van der Waals surface area contributed by atoms with Crippen molar-refractivity contribution in [2.24, 2.45) is 0 Å². The van der Waals surface area contributed by atoms with E-state index in [1.165, 1.54) is 32.1 Å². The Hall–Kier alpha value is -1.51. The molecule has 1 aliphatic heterocycles. The third-order valence-corrected chi connectivity index (χ3v) is 5.20. The average molecular weight is 309 g/mol. The first-order valence-electron chi connectivity index (χ1n) is 7.94. The molecule has 3 rings (SSSR count). The molecule has 0 unspecified atom stereocenters. The van der Waals surface area contributed by atoms with Crippen molar-refractivity contribution in [3.05, 3.63) is 65.2 Å². The Balaban J connectivity index is 2.04. The molecule has 0 saturated heterocycles. The molecule has 114 valence electrons. The van der Waals surface area contributed by atoms with E-state index in [0.717, 1.165) is 19.4 Å². The third-order valence-electron chi connectivity index (χ3n) is 4.07. The Kier molecular flexibility index (Phi) is 4.70. The van der Waals surface area contributed by atoms with Crippen molar-refractivity contribution in [1.82, 2.24) is 4.90 Å². The predicted octanol–water partition coefficient (Wildman–Crippen LogP) is 5.10. The standard InChI is InChI=1S/C20H23NS/c1-4-15-11-12-18-16(9-7-13-21(2)3)17-8-5-6-10-19(17)22-20(18)14-15/h5-6,8-12,14H,4,7,13H2,1-3H3/b16-9+. The summed E-state index contributed by atoms with van der Waals surface area (Å²) in [5, 5.41) is 0. The average Bonchev–Trinajstić information content (AvgIpc) is 2.53. The molecular formula is C20H23NS. The summed E-state index contributed by atoms with van der Waals surface area (Å²) in [4.78, 5) is 5.01. The summed E-state index contributed by atoms with van der Waals surface area (Å²) >= 11 is 1.90. The lowest BCUT2D eigenvalue weighted by atomic mass is 9.95. The van der Waals surface area contributed by atoms with Gasteiger partial charge in [-0.1, -0.05) is 55.1 Å². The highest BCUT2D eigenvalue weighted by atomic mass is 32.2.